The number of hydrogen-bond acceptors (Lipinski definition) is 3. The van der Waals surface area contributed by atoms with Crippen molar-refractivity contribution in [2.24, 2.45) is 5.92 Å². The van der Waals surface area contributed by atoms with E-state index in [0.29, 0.717) is 18.0 Å². The number of carbonyl (C=O) groups is 2. The van der Waals surface area contributed by atoms with E-state index in [9.17, 15) is 19.1 Å². The number of anilines is 1. The summed E-state index contributed by atoms with van der Waals surface area (Å²) in [4.78, 5) is 23.1. The van der Waals surface area contributed by atoms with E-state index in [0.717, 1.165) is 12.5 Å². The van der Waals surface area contributed by atoms with E-state index < -0.39 is 17.3 Å². The fourth-order valence-corrected chi connectivity index (χ4v) is 2.03. The quantitative estimate of drug-likeness (QED) is 0.721. The van der Waals surface area contributed by atoms with Crippen molar-refractivity contribution < 1.29 is 19.1 Å². The SMILES string of the molecule is CC(=O)Nc1ccc(F)c(C(=O)NC[C@@](C)(O)CCC(C)C)c1. The van der Waals surface area contributed by atoms with E-state index in [2.05, 4.69) is 24.5 Å². The third-order valence-corrected chi connectivity index (χ3v) is 3.42. The van der Waals surface area contributed by atoms with E-state index >= 15 is 0 Å². The molecule has 5 nitrogen and oxygen atoms in total. The van der Waals surface area contributed by atoms with Crippen LogP contribution in [0.2, 0.25) is 0 Å². The molecule has 0 saturated carbocycles. The number of hydrogen-bond donors (Lipinski definition) is 3. The molecule has 0 aliphatic heterocycles. The summed E-state index contributed by atoms with van der Waals surface area (Å²) < 4.78 is 13.8. The molecule has 128 valence electrons. The molecule has 3 N–H and O–H groups in total. The van der Waals surface area contributed by atoms with E-state index in [1.807, 2.05) is 0 Å². The second-order valence-electron chi connectivity index (χ2n) is 6.49. The van der Waals surface area contributed by atoms with Crippen LogP contribution >= 0.6 is 0 Å². The Morgan fingerprint density at radius 3 is 2.57 bits per heavy atom. The number of benzene rings is 1. The zero-order valence-electron chi connectivity index (χ0n) is 14.1. The van der Waals surface area contributed by atoms with Crippen LogP contribution in [0.15, 0.2) is 18.2 Å². The maximum atomic E-state index is 13.8. The van der Waals surface area contributed by atoms with Gasteiger partial charge in [0.05, 0.1) is 11.2 Å². The Bertz CT molecular complexity index is 571. The highest BCUT2D eigenvalue weighted by Crippen LogP contribution is 2.17. The summed E-state index contributed by atoms with van der Waals surface area (Å²) in [5.41, 5.74) is -0.877. The number of rotatable bonds is 7. The highest BCUT2D eigenvalue weighted by molar-refractivity contribution is 5.97. The molecule has 0 heterocycles. The van der Waals surface area contributed by atoms with Crippen LogP contribution in [0, 0.1) is 11.7 Å². The van der Waals surface area contributed by atoms with Crippen LogP contribution in [-0.4, -0.2) is 29.1 Å². The molecule has 23 heavy (non-hydrogen) atoms. The van der Waals surface area contributed by atoms with Gasteiger partial charge in [-0.3, -0.25) is 9.59 Å². The minimum Gasteiger partial charge on any atom is -0.388 e. The molecule has 0 aliphatic carbocycles. The molecule has 1 aromatic carbocycles. The molecule has 0 aromatic heterocycles. The summed E-state index contributed by atoms with van der Waals surface area (Å²) in [6.45, 7) is 7.10. The zero-order valence-corrected chi connectivity index (χ0v) is 14.1. The second-order valence-corrected chi connectivity index (χ2v) is 6.49. The normalized spacial score (nSPS) is 13.5. The first kappa shape index (κ1) is 19.1. The first-order chi connectivity index (χ1) is 10.6. The number of carbonyl (C=O) groups excluding carboxylic acids is 2. The fraction of sp³-hybridized carbons (Fsp3) is 0.529. The first-order valence-electron chi connectivity index (χ1n) is 7.68. The Labute approximate surface area is 136 Å². The van der Waals surface area contributed by atoms with Crippen molar-refractivity contribution in [1.82, 2.24) is 5.32 Å². The molecule has 0 fully saturated rings. The molecule has 1 rings (SSSR count). The van der Waals surface area contributed by atoms with Crippen LogP contribution in [0.3, 0.4) is 0 Å². The van der Waals surface area contributed by atoms with Gasteiger partial charge in [0, 0.05) is 19.2 Å². The van der Waals surface area contributed by atoms with E-state index in [-0.39, 0.29) is 18.0 Å². The van der Waals surface area contributed by atoms with Gasteiger partial charge in [-0.15, -0.1) is 0 Å². The average molecular weight is 324 g/mol. The predicted octanol–water partition coefficient (Wildman–Crippen LogP) is 2.70. The second kappa shape index (κ2) is 8.06. The summed E-state index contributed by atoms with van der Waals surface area (Å²) in [5, 5.41) is 15.3. The van der Waals surface area contributed by atoms with Gasteiger partial charge in [0.25, 0.3) is 5.91 Å². The largest absolute Gasteiger partial charge is 0.388 e. The Balaban J connectivity index is 2.72. The molecule has 0 unspecified atom stereocenters. The van der Waals surface area contributed by atoms with E-state index in [4.69, 9.17) is 0 Å². The lowest BCUT2D eigenvalue weighted by atomic mass is 9.95. The zero-order chi connectivity index (χ0) is 17.6. The summed E-state index contributed by atoms with van der Waals surface area (Å²) in [6, 6.07) is 3.78. The van der Waals surface area contributed by atoms with E-state index in [1.54, 1.807) is 6.92 Å². The van der Waals surface area contributed by atoms with Gasteiger partial charge in [0.1, 0.15) is 5.82 Å². The van der Waals surface area contributed by atoms with Crippen molar-refractivity contribution in [1.29, 1.82) is 0 Å². The third-order valence-electron chi connectivity index (χ3n) is 3.42. The van der Waals surface area contributed by atoms with Gasteiger partial charge in [-0.05, 0) is 43.9 Å². The Hall–Kier alpha value is -1.95. The van der Waals surface area contributed by atoms with Gasteiger partial charge in [-0.1, -0.05) is 13.8 Å². The van der Waals surface area contributed by atoms with Gasteiger partial charge in [0.2, 0.25) is 5.91 Å². The van der Waals surface area contributed by atoms with Crippen LogP contribution < -0.4 is 10.6 Å². The Kier molecular flexibility index (Phi) is 6.69. The van der Waals surface area contributed by atoms with Gasteiger partial charge >= 0.3 is 0 Å². The lowest BCUT2D eigenvalue weighted by molar-refractivity contribution is -0.114. The Morgan fingerprint density at radius 1 is 1.35 bits per heavy atom. The van der Waals surface area contributed by atoms with Crippen LogP contribution in [0.1, 0.15) is 50.9 Å². The van der Waals surface area contributed by atoms with Crippen molar-refractivity contribution in [3.63, 3.8) is 0 Å². The van der Waals surface area contributed by atoms with Gasteiger partial charge < -0.3 is 15.7 Å². The molecule has 6 heteroatoms. The molecule has 0 bridgehead atoms. The molecule has 0 spiro atoms. The van der Waals surface area contributed by atoms with Crippen molar-refractivity contribution in [3.05, 3.63) is 29.6 Å². The molecule has 0 saturated heterocycles. The maximum absolute atomic E-state index is 13.8. The minimum atomic E-state index is -1.05. The lowest BCUT2D eigenvalue weighted by Gasteiger charge is -2.24. The summed E-state index contributed by atoms with van der Waals surface area (Å²) in [5.74, 6) is -1.17. The molecule has 0 radical (unpaired) electrons. The maximum Gasteiger partial charge on any atom is 0.254 e. The van der Waals surface area contributed by atoms with Gasteiger partial charge in [-0.2, -0.15) is 0 Å². The minimum absolute atomic E-state index is 0.0301. The number of aliphatic hydroxyl groups is 1. The third kappa shape index (κ3) is 6.78. The van der Waals surface area contributed by atoms with Crippen molar-refractivity contribution in [2.75, 3.05) is 11.9 Å². The van der Waals surface area contributed by atoms with Crippen LogP contribution in [0.5, 0.6) is 0 Å². The Morgan fingerprint density at radius 2 is 2.00 bits per heavy atom. The molecular weight excluding hydrogens is 299 g/mol. The predicted molar refractivity (Wildman–Crippen MR) is 87.7 cm³/mol. The summed E-state index contributed by atoms with van der Waals surface area (Å²) in [6.07, 6.45) is 1.37. The first-order valence-corrected chi connectivity index (χ1v) is 7.68. The monoisotopic (exact) mass is 324 g/mol. The number of nitrogens with one attached hydrogen (secondary N) is 2. The van der Waals surface area contributed by atoms with Crippen LogP contribution in [-0.2, 0) is 4.79 Å². The van der Waals surface area contributed by atoms with Crippen LogP contribution in [0.25, 0.3) is 0 Å². The number of halogens is 1. The average Bonchev–Trinajstić information content (AvgIpc) is 2.44. The summed E-state index contributed by atoms with van der Waals surface area (Å²) >= 11 is 0. The highest BCUT2D eigenvalue weighted by atomic mass is 19.1. The molecule has 1 aromatic rings. The van der Waals surface area contributed by atoms with Gasteiger partial charge in [-0.25, -0.2) is 4.39 Å². The lowest BCUT2D eigenvalue weighted by Crippen LogP contribution is -2.41. The van der Waals surface area contributed by atoms with Crippen molar-refractivity contribution in [2.45, 2.75) is 46.1 Å². The number of amides is 2. The van der Waals surface area contributed by atoms with Crippen molar-refractivity contribution in [3.8, 4) is 0 Å². The standard InChI is InChI=1S/C17H25FN2O3/c1-11(2)7-8-17(4,23)10-19-16(22)14-9-13(20-12(3)21)5-6-15(14)18/h5-6,9,11,23H,7-8,10H2,1-4H3,(H,19,22)(H,20,21)/t17-/m0/s1. The van der Waals surface area contributed by atoms with Crippen molar-refractivity contribution >= 4 is 17.5 Å². The van der Waals surface area contributed by atoms with Gasteiger partial charge in [0.15, 0.2) is 0 Å². The summed E-state index contributed by atoms with van der Waals surface area (Å²) in [7, 11) is 0. The van der Waals surface area contributed by atoms with E-state index in [1.165, 1.54) is 19.1 Å². The van der Waals surface area contributed by atoms with Crippen LogP contribution in [0.4, 0.5) is 10.1 Å². The molecule has 2 amide bonds. The molecular formula is C17H25FN2O3. The smallest absolute Gasteiger partial charge is 0.254 e. The molecule has 0 aliphatic rings. The fourth-order valence-electron chi connectivity index (χ4n) is 2.03. The topological polar surface area (TPSA) is 78.4 Å². The molecule has 1 atom stereocenters. The highest BCUT2D eigenvalue weighted by Gasteiger charge is 2.22.